The van der Waals surface area contributed by atoms with E-state index in [1.165, 1.54) is 50.3 Å². The predicted octanol–water partition coefficient (Wildman–Crippen LogP) is 6.95. The lowest BCUT2D eigenvalue weighted by Gasteiger charge is -2.57. The van der Waals surface area contributed by atoms with Crippen molar-refractivity contribution in [2.24, 2.45) is 22.9 Å². The Labute approximate surface area is 272 Å². The number of carbonyl (C=O) groups excluding carboxylic acids is 2. The first-order valence-electron chi connectivity index (χ1n) is 15.3. The van der Waals surface area contributed by atoms with Gasteiger partial charge < -0.3 is 19.5 Å². The number of rotatable bonds is 11. The smallest absolute Gasteiger partial charge is 0.271 e. The number of benzene rings is 3. The highest BCUT2D eigenvalue weighted by molar-refractivity contribution is 14.1. The molecule has 0 aliphatic heterocycles. The molecule has 0 spiro atoms. The minimum Gasteiger partial charge on any atom is -0.496 e. The Morgan fingerprint density at radius 2 is 1.61 bits per heavy atom. The zero-order valence-corrected chi connectivity index (χ0v) is 27.3. The topological polar surface area (TPSA) is 98.2 Å². The quantitative estimate of drug-likeness (QED) is 0.128. The van der Waals surface area contributed by atoms with Gasteiger partial charge in [0.25, 0.3) is 11.8 Å². The lowest BCUT2D eigenvalue weighted by atomic mass is 9.48. The summed E-state index contributed by atoms with van der Waals surface area (Å²) in [5.41, 5.74) is 6.22. The maximum atomic E-state index is 12.8. The number of nitrogens with zero attached hydrogens (tertiary/aromatic N) is 1. The summed E-state index contributed by atoms with van der Waals surface area (Å²) in [6.07, 6.45) is 9.77. The normalized spacial score (nSPS) is 23.4. The second kappa shape index (κ2) is 13.2. The number of methoxy groups -OCH3 is 1. The average Bonchev–Trinajstić information content (AvgIpc) is 3.00. The molecule has 4 fully saturated rings. The fourth-order valence-corrected chi connectivity index (χ4v) is 8.29. The van der Waals surface area contributed by atoms with Crippen molar-refractivity contribution in [3.05, 3.63) is 80.9 Å². The van der Waals surface area contributed by atoms with Crippen LogP contribution in [0, 0.1) is 21.3 Å². The summed E-state index contributed by atoms with van der Waals surface area (Å²) < 4.78 is 17.8. The number of ether oxygens (including phenoxy) is 3. The monoisotopic (exact) mass is 707 g/mol. The Morgan fingerprint density at radius 3 is 2.27 bits per heavy atom. The van der Waals surface area contributed by atoms with Crippen LogP contribution in [0.1, 0.15) is 66.9 Å². The molecule has 3 aromatic carbocycles. The summed E-state index contributed by atoms with van der Waals surface area (Å²) in [6.45, 7) is 2.14. The van der Waals surface area contributed by atoms with E-state index in [-0.39, 0.29) is 18.4 Å². The van der Waals surface area contributed by atoms with Crippen LogP contribution < -0.4 is 25.0 Å². The number of anilines is 1. The highest BCUT2D eigenvalue weighted by atomic mass is 127. The molecule has 2 N–H and O–H groups in total. The van der Waals surface area contributed by atoms with Crippen molar-refractivity contribution in [2.45, 2.75) is 50.9 Å². The van der Waals surface area contributed by atoms with Gasteiger partial charge in [0, 0.05) is 11.3 Å². The zero-order valence-electron chi connectivity index (χ0n) is 25.1. The van der Waals surface area contributed by atoms with Crippen molar-refractivity contribution in [3.63, 3.8) is 0 Å². The standard InChI is InChI=1S/C35H38IN3O5/c1-3-43-32-15-22(20-37-39-34(41)26-5-10-29(36)31(16-26)42-2)4-11-30(32)44-21-33(40)38-28-8-6-27(7-9-28)35-17-23-12-24(18-35)14-25(13-23)19-35/h4-11,15-16,20,23-25H,3,12-14,17-19,21H2,1-2H3,(H,38,40)(H,39,41)/b37-20+. The number of hydrazone groups is 1. The number of nitrogens with one attached hydrogen (secondary N) is 2. The molecule has 0 aromatic heterocycles. The van der Waals surface area contributed by atoms with Crippen LogP contribution in [0.2, 0.25) is 0 Å². The van der Waals surface area contributed by atoms with E-state index in [2.05, 4.69) is 50.6 Å². The van der Waals surface area contributed by atoms with Gasteiger partial charge in [0.05, 0.1) is 23.5 Å². The third-order valence-corrected chi connectivity index (χ3v) is 10.1. The SMILES string of the molecule is CCOc1cc(/C=N/NC(=O)c2ccc(I)c(OC)c2)ccc1OCC(=O)Nc1ccc(C23CC4CC(CC(C4)C2)C3)cc1. The maximum absolute atomic E-state index is 12.8. The van der Waals surface area contributed by atoms with Gasteiger partial charge in [-0.3, -0.25) is 9.59 Å². The van der Waals surface area contributed by atoms with E-state index in [0.29, 0.717) is 40.4 Å². The average molecular weight is 708 g/mol. The first kappa shape index (κ1) is 30.4. The third kappa shape index (κ3) is 6.72. The highest BCUT2D eigenvalue weighted by Crippen LogP contribution is 2.60. The Morgan fingerprint density at radius 1 is 0.909 bits per heavy atom. The second-order valence-corrected chi connectivity index (χ2v) is 13.5. The summed E-state index contributed by atoms with van der Waals surface area (Å²) >= 11 is 2.15. The molecule has 2 amide bonds. The molecule has 230 valence electrons. The summed E-state index contributed by atoms with van der Waals surface area (Å²) in [5, 5.41) is 7.04. The van der Waals surface area contributed by atoms with Crippen molar-refractivity contribution >= 4 is 46.3 Å². The fourth-order valence-electron chi connectivity index (χ4n) is 7.74. The predicted molar refractivity (Wildman–Crippen MR) is 179 cm³/mol. The minimum atomic E-state index is -0.352. The van der Waals surface area contributed by atoms with Gasteiger partial charge in [0.1, 0.15) is 5.75 Å². The molecule has 8 nitrogen and oxygen atoms in total. The molecule has 4 bridgehead atoms. The van der Waals surface area contributed by atoms with Crippen LogP contribution in [0.25, 0.3) is 0 Å². The number of amides is 2. The molecule has 0 atom stereocenters. The maximum Gasteiger partial charge on any atom is 0.271 e. The Balaban J connectivity index is 1.03. The lowest BCUT2D eigenvalue weighted by molar-refractivity contribution is -0.118. The van der Waals surface area contributed by atoms with E-state index >= 15 is 0 Å². The first-order chi connectivity index (χ1) is 21.3. The van der Waals surface area contributed by atoms with Crippen LogP contribution in [-0.2, 0) is 10.2 Å². The van der Waals surface area contributed by atoms with Crippen molar-refractivity contribution < 1.29 is 23.8 Å². The van der Waals surface area contributed by atoms with Crippen molar-refractivity contribution in [3.8, 4) is 17.2 Å². The molecule has 0 heterocycles. The second-order valence-electron chi connectivity index (χ2n) is 12.3. The first-order valence-corrected chi connectivity index (χ1v) is 16.4. The van der Waals surface area contributed by atoms with Crippen molar-refractivity contribution in [2.75, 3.05) is 25.6 Å². The third-order valence-electron chi connectivity index (χ3n) is 9.24. The molecule has 3 aromatic rings. The van der Waals surface area contributed by atoms with Crippen molar-refractivity contribution in [1.29, 1.82) is 0 Å². The zero-order chi connectivity index (χ0) is 30.7. The van der Waals surface area contributed by atoms with Gasteiger partial charge in [-0.2, -0.15) is 5.10 Å². The highest BCUT2D eigenvalue weighted by Gasteiger charge is 2.51. The van der Waals surface area contributed by atoms with Crippen LogP contribution in [-0.4, -0.2) is 38.4 Å². The number of carbonyl (C=O) groups is 2. The van der Waals surface area contributed by atoms with Gasteiger partial charge in [0.15, 0.2) is 18.1 Å². The van der Waals surface area contributed by atoms with Gasteiger partial charge in [-0.15, -0.1) is 0 Å². The minimum absolute atomic E-state index is 0.153. The molecule has 4 aliphatic carbocycles. The molecule has 7 rings (SSSR count). The number of hydrogen-bond acceptors (Lipinski definition) is 6. The van der Waals surface area contributed by atoms with Crippen molar-refractivity contribution in [1.82, 2.24) is 5.43 Å². The molecule has 4 aliphatic rings. The summed E-state index contributed by atoms with van der Waals surface area (Å²) in [6, 6.07) is 18.9. The van der Waals surface area contributed by atoms with Gasteiger partial charge in [0.2, 0.25) is 0 Å². The van der Waals surface area contributed by atoms with Crippen LogP contribution >= 0.6 is 22.6 Å². The largest absolute Gasteiger partial charge is 0.496 e. The molecule has 0 saturated heterocycles. The molecule has 0 radical (unpaired) electrons. The van der Waals surface area contributed by atoms with E-state index < -0.39 is 0 Å². The fraction of sp³-hybridized carbons (Fsp3) is 0.400. The molecule has 4 saturated carbocycles. The Hall–Kier alpha value is -3.60. The van der Waals surface area contributed by atoms with E-state index in [1.807, 2.05) is 25.1 Å². The van der Waals surface area contributed by atoms with Crippen LogP contribution in [0.3, 0.4) is 0 Å². The molecule has 9 heteroatoms. The summed E-state index contributed by atoms with van der Waals surface area (Å²) in [7, 11) is 1.56. The van der Waals surface area contributed by atoms with E-state index in [4.69, 9.17) is 14.2 Å². The summed E-state index contributed by atoms with van der Waals surface area (Å²) in [5.74, 6) is 3.66. The lowest BCUT2D eigenvalue weighted by Crippen LogP contribution is -2.48. The molecule has 0 unspecified atom stereocenters. The van der Waals surface area contributed by atoms with Gasteiger partial charge >= 0.3 is 0 Å². The molecular weight excluding hydrogens is 669 g/mol. The van der Waals surface area contributed by atoms with E-state index in [1.54, 1.807) is 37.4 Å². The van der Waals surface area contributed by atoms with Crippen LogP contribution in [0.5, 0.6) is 17.2 Å². The Kier molecular flexibility index (Phi) is 9.11. The van der Waals surface area contributed by atoms with Gasteiger partial charge in [-0.25, -0.2) is 5.43 Å². The molecular formula is C35H38IN3O5. The van der Waals surface area contributed by atoms with E-state index in [9.17, 15) is 9.59 Å². The van der Waals surface area contributed by atoms with Crippen LogP contribution in [0.4, 0.5) is 5.69 Å². The van der Waals surface area contributed by atoms with Gasteiger partial charge in [-0.05, 0) is 151 Å². The van der Waals surface area contributed by atoms with E-state index in [0.717, 1.165) is 27.0 Å². The number of halogens is 1. The molecule has 44 heavy (non-hydrogen) atoms. The Bertz CT molecular complexity index is 1520. The summed E-state index contributed by atoms with van der Waals surface area (Å²) in [4.78, 5) is 25.3. The number of hydrogen-bond donors (Lipinski definition) is 2. The van der Waals surface area contributed by atoms with Crippen LogP contribution in [0.15, 0.2) is 65.8 Å². The van der Waals surface area contributed by atoms with Gasteiger partial charge in [-0.1, -0.05) is 12.1 Å².